The van der Waals surface area contributed by atoms with Crippen LogP contribution in [-0.2, 0) is 23.8 Å². The molecule has 1 amide bonds. The molecule has 298 valence electrons. The summed E-state index contributed by atoms with van der Waals surface area (Å²) in [5.74, 6) is -6.98. The van der Waals surface area contributed by atoms with Crippen LogP contribution in [0.25, 0.3) is 10.8 Å². The van der Waals surface area contributed by atoms with E-state index in [1.54, 1.807) is 46.8 Å². The number of ketones is 1. The number of phenols is 2. The quantitative estimate of drug-likeness (QED) is 0.218. The number of ether oxygens (including phenoxy) is 4. The molecule has 0 unspecified atom stereocenters. The van der Waals surface area contributed by atoms with Crippen LogP contribution in [0.2, 0.25) is 0 Å². The summed E-state index contributed by atoms with van der Waals surface area (Å²) in [6.45, 7) is 16.7. The van der Waals surface area contributed by atoms with Gasteiger partial charge in [-0.25, -0.2) is 0 Å². The zero-order valence-corrected chi connectivity index (χ0v) is 33.3. The van der Waals surface area contributed by atoms with E-state index in [4.69, 9.17) is 28.9 Å². The normalized spacial score (nSPS) is 33.2. The Balaban J connectivity index is 1.74. The number of Topliss-reactive ketones (excluding diaryl/α,β-unsaturated/α-hetero) is 1. The number of benzene rings is 2. The van der Waals surface area contributed by atoms with Gasteiger partial charge in [0.1, 0.15) is 28.6 Å². The number of hydrogen-bond donors (Lipinski definition) is 5. The van der Waals surface area contributed by atoms with Crippen LogP contribution in [0.15, 0.2) is 46.1 Å². The Morgan fingerprint density at radius 3 is 2.25 bits per heavy atom. The summed E-state index contributed by atoms with van der Waals surface area (Å²) in [5.41, 5.74) is -0.447. The van der Waals surface area contributed by atoms with E-state index in [-0.39, 0.29) is 61.9 Å². The van der Waals surface area contributed by atoms with Gasteiger partial charge in [-0.2, -0.15) is 0 Å². The summed E-state index contributed by atoms with van der Waals surface area (Å²) in [6.07, 6.45) is 3.87. The van der Waals surface area contributed by atoms with Crippen molar-refractivity contribution in [2.75, 3.05) is 19.0 Å². The molecule has 5 N–H and O–H groups in total. The monoisotopic (exact) mass is 763 g/mol. The molecule has 0 aromatic heterocycles. The maximum absolute atomic E-state index is 14.5. The van der Waals surface area contributed by atoms with E-state index < -0.39 is 82.8 Å². The van der Waals surface area contributed by atoms with Gasteiger partial charge >= 0.3 is 11.8 Å². The fourth-order valence-corrected chi connectivity index (χ4v) is 7.58. The Bertz CT molecular complexity index is 2120. The molecule has 14 heteroatoms. The molecule has 4 bridgehead atoms. The second kappa shape index (κ2) is 15.4. The maximum Gasteiger partial charge on any atom is 0.312 e. The Kier molecular flexibility index (Phi) is 11.6. The number of rotatable bonds is 2. The molecule has 55 heavy (non-hydrogen) atoms. The number of methoxy groups -OCH3 is 1. The minimum Gasteiger partial charge on any atom is -0.507 e. The molecule has 0 saturated carbocycles. The number of nitrogens with one attached hydrogen (secondary N) is 1. The number of carbonyl (C=O) groups is 3. The number of allylic oxidation sites excluding steroid dienone is 2. The number of aliphatic hydroxyl groups is 2. The molecule has 3 heterocycles. The molecule has 5 rings (SSSR count). The van der Waals surface area contributed by atoms with Gasteiger partial charge < -0.3 is 44.7 Å². The molecule has 0 radical (unpaired) electrons. The van der Waals surface area contributed by atoms with Gasteiger partial charge in [0.25, 0.3) is 11.7 Å². The van der Waals surface area contributed by atoms with Crippen molar-refractivity contribution in [1.29, 1.82) is 0 Å². The number of anilines is 1. The van der Waals surface area contributed by atoms with Crippen LogP contribution in [0.3, 0.4) is 0 Å². The Morgan fingerprint density at radius 2 is 1.62 bits per heavy atom. The molecule has 0 spiro atoms. The van der Waals surface area contributed by atoms with Crippen molar-refractivity contribution in [1.82, 2.24) is 0 Å². The lowest BCUT2D eigenvalue weighted by Gasteiger charge is -2.38. The fourth-order valence-electron chi connectivity index (χ4n) is 7.58. The van der Waals surface area contributed by atoms with E-state index in [2.05, 4.69) is 5.32 Å². The number of hydrogen-bond acceptors (Lipinski definition) is 13. The summed E-state index contributed by atoms with van der Waals surface area (Å²) in [5, 5.41) is 49.2. The topological polar surface area (TPSA) is 206 Å². The van der Waals surface area contributed by atoms with Crippen LogP contribution in [0.4, 0.5) is 5.69 Å². The van der Waals surface area contributed by atoms with Crippen LogP contribution in [0.1, 0.15) is 78.2 Å². The van der Waals surface area contributed by atoms with Gasteiger partial charge in [0.2, 0.25) is 0 Å². The highest BCUT2D eigenvalue weighted by Crippen LogP contribution is 2.49. The smallest absolute Gasteiger partial charge is 0.312 e. The standard InChI is InChI=1S/C41H53N3O11/c1-18-13-12-14-19(2)39(51)43-31-30-29(44-40(8,9)17-42-30)26-27(35(31)49)34(48)23(6)37-28(26)38(50)41(10,55-37)53-16-15-25(52-11)20(3)36(54-24(7)45)22(5)33(47)21(4)32(18)46/h12-16,18,20-22,25,32-33,36,46-49H,17H2,1-11H3,(H,43,51)/b13-12+,16-15+,19-14-/t18-,20+,21+,22+,25-,32-,33+,36+,41-/m0/s1. The van der Waals surface area contributed by atoms with E-state index in [9.17, 15) is 34.8 Å². The molecule has 14 nitrogen and oxygen atoms in total. The molecular formula is C41H53N3O11. The summed E-state index contributed by atoms with van der Waals surface area (Å²) in [4.78, 5) is 50.0. The predicted octanol–water partition coefficient (Wildman–Crippen LogP) is 4.08. The molecule has 3 aliphatic heterocycles. The van der Waals surface area contributed by atoms with Crippen molar-refractivity contribution in [3.63, 3.8) is 0 Å². The SMILES string of the molecule is CO[C@H]1/C=C/O[C@@]2(C)Oc3c(C)c(O)c4c(O)c(c5c(c4c3C2=O)=NC(C)(C)CN=5)NC(=O)/C(C)=C\C=C\[C@H](C)[C@H](O)[C@@H](C)[C@@H](O)[C@@H](C)[C@H](OC(C)=O)[C@@H]1C. The van der Waals surface area contributed by atoms with Crippen LogP contribution in [0, 0.1) is 30.6 Å². The van der Waals surface area contributed by atoms with E-state index in [1.807, 2.05) is 13.8 Å². The Labute approximate surface area is 320 Å². The van der Waals surface area contributed by atoms with Gasteiger partial charge in [0.15, 0.2) is 5.75 Å². The first-order valence-corrected chi connectivity index (χ1v) is 18.4. The largest absolute Gasteiger partial charge is 0.507 e. The number of nitrogens with zero attached hydrogens (tertiary/aromatic N) is 2. The number of esters is 1. The van der Waals surface area contributed by atoms with Crippen LogP contribution in [-0.4, -0.2) is 87.5 Å². The van der Waals surface area contributed by atoms with E-state index >= 15 is 0 Å². The average molecular weight is 764 g/mol. The summed E-state index contributed by atoms with van der Waals surface area (Å²) < 4.78 is 23.7. The van der Waals surface area contributed by atoms with Crippen molar-refractivity contribution < 1.29 is 53.8 Å². The van der Waals surface area contributed by atoms with Crippen molar-refractivity contribution in [3.05, 3.63) is 58.0 Å². The van der Waals surface area contributed by atoms with Gasteiger partial charge in [0.05, 0.1) is 53.0 Å². The van der Waals surface area contributed by atoms with Gasteiger partial charge in [-0.05, 0) is 33.8 Å². The third kappa shape index (κ3) is 7.59. The van der Waals surface area contributed by atoms with Crippen molar-refractivity contribution in [2.45, 2.75) is 105 Å². The molecule has 0 fully saturated rings. The summed E-state index contributed by atoms with van der Waals surface area (Å²) >= 11 is 0. The van der Waals surface area contributed by atoms with Gasteiger partial charge in [0, 0.05) is 61.2 Å². The minimum atomic E-state index is -1.95. The number of aliphatic hydroxyl groups excluding tert-OH is 2. The molecule has 9 atom stereocenters. The second-order valence-corrected chi connectivity index (χ2v) is 15.8. The Hall–Kier alpha value is -4.79. The predicted molar refractivity (Wildman–Crippen MR) is 203 cm³/mol. The molecule has 0 saturated heterocycles. The van der Waals surface area contributed by atoms with E-state index in [0.29, 0.717) is 0 Å². The van der Waals surface area contributed by atoms with Crippen molar-refractivity contribution >= 4 is 34.1 Å². The highest BCUT2D eigenvalue weighted by Gasteiger charge is 2.49. The lowest BCUT2D eigenvalue weighted by molar-refractivity contribution is -0.160. The molecule has 0 aliphatic carbocycles. The number of amides is 1. The first kappa shape index (κ1) is 41.4. The Morgan fingerprint density at radius 1 is 0.945 bits per heavy atom. The van der Waals surface area contributed by atoms with Crippen LogP contribution < -0.4 is 20.8 Å². The number of fused-ring (bicyclic) bond motifs is 1. The second-order valence-electron chi connectivity index (χ2n) is 15.8. The lowest BCUT2D eigenvalue weighted by Crippen LogP contribution is -2.46. The summed E-state index contributed by atoms with van der Waals surface area (Å²) in [7, 11) is 1.46. The highest BCUT2D eigenvalue weighted by atomic mass is 16.7. The highest BCUT2D eigenvalue weighted by molar-refractivity contribution is 6.19. The molecule has 3 aliphatic rings. The number of carbonyl (C=O) groups excluding carboxylic acids is 3. The molecular weight excluding hydrogens is 710 g/mol. The van der Waals surface area contributed by atoms with Gasteiger partial charge in [-0.15, -0.1) is 0 Å². The van der Waals surface area contributed by atoms with Crippen molar-refractivity contribution in [3.8, 4) is 17.2 Å². The summed E-state index contributed by atoms with van der Waals surface area (Å²) in [6, 6.07) is 0. The van der Waals surface area contributed by atoms with Gasteiger partial charge in [-0.1, -0.05) is 45.9 Å². The van der Waals surface area contributed by atoms with E-state index in [1.165, 1.54) is 46.3 Å². The maximum atomic E-state index is 14.5. The van der Waals surface area contributed by atoms with Gasteiger partial charge in [-0.3, -0.25) is 24.4 Å². The first-order valence-electron chi connectivity index (χ1n) is 18.4. The lowest BCUT2D eigenvalue weighted by atomic mass is 9.78. The average Bonchev–Trinajstić information content (AvgIpc) is 3.39. The van der Waals surface area contributed by atoms with Crippen LogP contribution in [0.5, 0.6) is 17.2 Å². The molecule has 2 aromatic rings. The third-order valence-electron chi connectivity index (χ3n) is 11.0. The van der Waals surface area contributed by atoms with Crippen LogP contribution >= 0.6 is 0 Å². The number of phenolic OH excluding ortho intramolecular Hbond substituents is 2. The third-order valence-corrected chi connectivity index (χ3v) is 11.0. The molecule has 2 aromatic carbocycles. The zero-order chi connectivity index (χ0) is 40.9. The number of aromatic hydroxyl groups is 2. The van der Waals surface area contributed by atoms with E-state index in [0.717, 1.165) is 0 Å². The van der Waals surface area contributed by atoms with Crippen molar-refractivity contribution in [2.24, 2.45) is 33.7 Å². The fraction of sp³-hybridized carbons (Fsp3) is 0.537. The minimum absolute atomic E-state index is 0.0118. The zero-order valence-electron chi connectivity index (χ0n) is 33.3. The first-order chi connectivity index (χ1) is 25.7.